The Kier molecular flexibility index (Phi) is 2.91. The SMILES string of the molecule is O=C(Nc1ccc2c(c1)C(=O)NC2=O)c1ccc(O)cc1. The predicted molar refractivity (Wildman–Crippen MR) is 74.3 cm³/mol. The van der Waals surface area contributed by atoms with Crippen LogP contribution in [0, 0.1) is 0 Å². The molecule has 0 saturated carbocycles. The Bertz CT molecular complexity index is 766. The molecule has 0 spiro atoms. The smallest absolute Gasteiger partial charge is 0.259 e. The zero-order chi connectivity index (χ0) is 15.0. The van der Waals surface area contributed by atoms with Gasteiger partial charge in [-0.2, -0.15) is 0 Å². The van der Waals surface area contributed by atoms with E-state index in [1.165, 1.54) is 36.4 Å². The maximum atomic E-state index is 12.0. The van der Waals surface area contributed by atoms with Crippen LogP contribution < -0.4 is 10.6 Å². The minimum atomic E-state index is -0.476. The largest absolute Gasteiger partial charge is 0.508 e. The average molecular weight is 282 g/mol. The van der Waals surface area contributed by atoms with Crippen LogP contribution in [0.5, 0.6) is 5.75 Å². The Balaban J connectivity index is 1.84. The Hall–Kier alpha value is -3.15. The molecule has 1 aliphatic heterocycles. The monoisotopic (exact) mass is 282 g/mol. The van der Waals surface area contributed by atoms with Gasteiger partial charge in [0.05, 0.1) is 11.1 Å². The van der Waals surface area contributed by atoms with Gasteiger partial charge in [-0.05, 0) is 42.5 Å². The van der Waals surface area contributed by atoms with Crippen molar-refractivity contribution in [3.63, 3.8) is 0 Å². The first kappa shape index (κ1) is 12.9. The summed E-state index contributed by atoms with van der Waals surface area (Å²) >= 11 is 0. The van der Waals surface area contributed by atoms with Crippen molar-refractivity contribution in [2.75, 3.05) is 5.32 Å². The maximum absolute atomic E-state index is 12.0. The number of nitrogens with one attached hydrogen (secondary N) is 2. The summed E-state index contributed by atoms with van der Waals surface area (Å²) in [6.45, 7) is 0. The molecule has 0 aliphatic carbocycles. The first-order chi connectivity index (χ1) is 10.0. The van der Waals surface area contributed by atoms with E-state index in [1.54, 1.807) is 6.07 Å². The van der Waals surface area contributed by atoms with Gasteiger partial charge in [0.2, 0.25) is 0 Å². The van der Waals surface area contributed by atoms with E-state index in [0.29, 0.717) is 16.8 Å². The van der Waals surface area contributed by atoms with Crippen molar-refractivity contribution in [3.05, 3.63) is 59.2 Å². The van der Waals surface area contributed by atoms with Gasteiger partial charge >= 0.3 is 0 Å². The molecule has 1 aliphatic rings. The number of hydrogen-bond donors (Lipinski definition) is 3. The zero-order valence-electron chi connectivity index (χ0n) is 10.7. The van der Waals surface area contributed by atoms with E-state index in [4.69, 9.17) is 0 Å². The number of imide groups is 1. The second-order valence-electron chi connectivity index (χ2n) is 4.54. The highest BCUT2D eigenvalue weighted by Crippen LogP contribution is 2.21. The third kappa shape index (κ3) is 2.34. The predicted octanol–water partition coefficient (Wildman–Crippen LogP) is 1.53. The molecule has 6 nitrogen and oxygen atoms in total. The number of rotatable bonds is 2. The highest BCUT2D eigenvalue weighted by molar-refractivity contribution is 6.22. The fourth-order valence-corrected chi connectivity index (χ4v) is 2.06. The fourth-order valence-electron chi connectivity index (χ4n) is 2.06. The third-order valence-corrected chi connectivity index (χ3v) is 3.12. The molecule has 2 aromatic rings. The quantitative estimate of drug-likeness (QED) is 0.728. The third-order valence-electron chi connectivity index (χ3n) is 3.12. The van der Waals surface area contributed by atoms with E-state index in [2.05, 4.69) is 10.6 Å². The molecule has 3 amide bonds. The summed E-state index contributed by atoms with van der Waals surface area (Å²) in [4.78, 5) is 35.0. The highest BCUT2D eigenvalue weighted by Gasteiger charge is 2.26. The van der Waals surface area contributed by atoms with Crippen molar-refractivity contribution in [3.8, 4) is 5.75 Å². The van der Waals surface area contributed by atoms with Gasteiger partial charge in [-0.3, -0.25) is 19.7 Å². The number of aromatic hydroxyl groups is 1. The molecule has 6 heteroatoms. The molecule has 3 rings (SSSR count). The van der Waals surface area contributed by atoms with Crippen LogP contribution in [0.25, 0.3) is 0 Å². The van der Waals surface area contributed by atoms with E-state index in [-0.39, 0.29) is 17.2 Å². The van der Waals surface area contributed by atoms with E-state index < -0.39 is 11.8 Å². The summed E-state index contributed by atoms with van der Waals surface area (Å²) in [5.74, 6) is -1.22. The summed E-state index contributed by atoms with van der Waals surface area (Å²) in [6.07, 6.45) is 0. The van der Waals surface area contributed by atoms with E-state index in [9.17, 15) is 19.5 Å². The van der Waals surface area contributed by atoms with Crippen molar-refractivity contribution in [1.82, 2.24) is 5.32 Å². The topological polar surface area (TPSA) is 95.5 Å². The lowest BCUT2D eigenvalue weighted by Gasteiger charge is -2.06. The van der Waals surface area contributed by atoms with E-state index in [1.807, 2.05) is 0 Å². The number of amides is 3. The highest BCUT2D eigenvalue weighted by atomic mass is 16.3. The van der Waals surface area contributed by atoms with Crippen molar-refractivity contribution in [2.24, 2.45) is 0 Å². The van der Waals surface area contributed by atoms with Crippen molar-refractivity contribution >= 4 is 23.4 Å². The maximum Gasteiger partial charge on any atom is 0.259 e. The molecular weight excluding hydrogens is 272 g/mol. The van der Waals surface area contributed by atoms with Gasteiger partial charge in [0.25, 0.3) is 17.7 Å². The number of carbonyl (C=O) groups excluding carboxylic acids is 3. The first-order valence-corrected chi connectivity index (χ1v) is 6.15. The molecule has 0 unspecified atom stereocenters. The zero-order valence-corrected chi connectivity index (χ0v) is 10.7. The van der Waals surface area contributed by atoms with Crippen LogP contribution in [0.3, 0.4) is 0 Å². The molecule has 21 heavy (non-hydrogen) atoms. The van der Waals surface area contributed by atoms with Crippen LogP contribution in [0.2, 0.25) is 0 Å². The molecule has 0 bridgehead atoms. The van der Waals surface area contributed by atoms with Crippen LogP contribution in [0.15, 0.2) is 42.5 Å². The summed E-state index contributed by atoms with van der Waals surface area (Å²) in [7, 11) is 0. The van der Waals surface area contributed by atoms with Gasteiger partial charge in [0, 0.05) is 11.3 Å². The standard InChI is InChI=1S/C15H10N2O4/c18-10-4-1-8(2-5-10)13(19)16-9-3-6-11-12(7-9)15(21)17-14(11)20/h1-7,18H,(H,16,19)(H,17,20,21). The second-order valence-corrected chi connectivity index (χ2v) is 4.54. The molecule has 0 atom stereocenters. The Labute approximate surface area is 119 Å². The number of hydrogen-bond acceptors (Lipinski definition) is 4. The normalized spacial score (nSPS) is 12.8. The molecule has 0 aromatic heterocycles. The fraction of sp³-hybridized carbons (Fsp3) is 0. The molecular formula is C15H10N2O4. The van der Waals surface area contributed by atoms with Crippen molar-refractivity contribution in [2.45, 2.75) is 0 Å². The summed E-state index contributed by atoms with van der Waals surface area (Å²) in [5.41, 5.74) is 1.32. The first-order valence-electron chi connectivity index (χ1n) is 6.15. The summed E-state index contributed by atoms with van der Waals surface area (Å²) < 4.78 is 0. The number of anilines is 1. The molecule has 0 radical (unpaired) electrons. The Morgan fingerprint density at radius 3 is 2.33 bits per heavy atom. The second kappa shape index (κ2) is 4.75. The Morgan fingerprint density at radius 1 is 0.952 bits per heavy atom. The van der Waals surface area contributed by atoms with Crippen LogP contribution in [0.1, 0.15) is 31.1 Å². The van der Waals surface area contributed by atoms with Crippen LogP contribution in [-0.2, 0) is 0 Å². The molecule has 104 valence electrons. The minimum absolute atomic E-state index is 0.0688. The number of phenolic OH excluding ortho intramolecular Hbond substituents is 1. The average Bonchev–Trinajstić information content (AvgIpc) is 2.74. The number of benzene rings is 2. The lowest BCUT2D eigenvalue weighted by Crippen LogP contribution is -2.19. The summed E-state index contributed by atoms with van der Waals surface area (Å²) in [6, 6.07) is 10.3. The minimum Gasteiger partial charge on any atom is -0.508 e. The van der Waals surface area contributed by atoms with Gasteiger partial charge in [-0.25, -0.2) is 0 Å². The van der Waals surface area contributed by atoms with Crippen molar-refractivity contribution in [1.29, 1.82) is 0 Å². The van der Waals surface area contributed by atoms with E-state index in [0.717, 1.165) is 0 Å². The lowest BCUT2D eigenvalue weighted by molar-refractivity contribution is 0.0878. The Morgan fingerprint density at radius 2 is 1.62 bits per heavy atom. The molecule has 3 N–H and O–H groups in total. The number of carbonyl (C=O) groups is 3. The number of fused-ring (bicyclic) bond motifs is 1. The molecule has 1 heterocycles. The van der Waals surface area contributed by atoms with Crippen LogP contribution in [-0.4, -0.2) is 22.8 Å². The van der Waals surface area contributed by atoms with Crippen molar-refractivity contribution < 1.29 is 19.5 Å². The van der Waals surface area contributed by atoms with Gasteiger partial charge in [-0.1, -0.05) is 0 Å². The lowest BCUT2D eigenvalue weighted by atomic mass is 10.1. The van der Waals surface area contributed by atoms with Gasteiger partial charge in [0.1, 0.15) is 5.75 Å². The van der Waals surface area contributed by atoms with Gasteiger partial charge in [-0.15, -0.1) is 0 Å². The molecule has 0 fully saturated rings. The van der Waals surface area contributed by atoms with Gasteiger partial charge < -0.3 is 10.4 Å². The van der Waals surface area contributed by atoms with Gasteiger partial charge in [0.15, 0.2) is 0 Å². The molecule has 0 saturated heterocycles. The van der Waals surface area contributed by atoms with E-state index >= 15 is 0 Å². The van der Waals surface area contributed by atoms with Crippen LogP contribution in [0.4, 0.5) is 5.69 Å². The molecule has 2 aromatic carbocycles. The van der Waals surface area contributed by atoms with Crippen LogP contribution >= 0.6 is 0 Å². The number of phenols is 1. The summed E-state index contributed by atoms with van der Waals surface area (Å²) in [5, 5.41) is 14.0.